The van der Waals surface area contributed by atoms with Crippen LogP contribution >= 0.6 is 0 Å². The van der Waals surface area contributed by atoms with Gasteiger partial charge in [0.1, 0.15) is 0 Å². The Bertz CT molecular complexity index is 908. The lowest BCUT2D eigenvalue weighted by Crippen LogP contribution is -2.57. The second-order valence-electron chi connectivity index (χ2n) is 6.51. The molecule has 0 aliphatic carbocycles. The molecule has 0 amide bonds. The largest absolute Gasteiger partial charge is 0.460 e. The molecule has 184 valence electrons. The van der Waals surface area contributed by atoms with Gasteiger partial charge in [-0.15, -0.1) is 0 Å². The summed E-state index contributed by atoms with van der Waals surface area (Å²) in [6.45, 7) is 5.04. The SMILES string of the molecule is CCN(CC)c1ccc(C=CC=C(C(=O)C(F)(F)F)C(=O)C(F)(F)C(F)(F)C(F)(F)F)cc1. The summed E-state index contributed by atoms with van der Waals surface area (Å²) in [5.41, 5.74) is -1.59. The van der Waals surface area contributed by atoms with Gasteiger partial charge in [-0.1, -0.05) is 24.3 Å². The van der Waals surface area contributed by atoms with Crippen molar-refractivity contribution in [3.8, 4) is 0 Å². The number of alkyl halides is 10. The van der Waals surface area contributed by atoms with E-state index in [2.05, 4.69) is 0 Å². The molecule has 0 aliphatic rings. The average Bonchev–Trinajstić information content (AvgIpc) is 2.70. The van der Waals surface area contributed by atoms with Gasteiger partial charge in [-0.2, -0.15) is 43.9 Å². The van der Waals surface area contributed by atoms with Gasteiger partial charge in [-0.25, -0.2) is 0 Å². The molecule has 3 nitrogen and oxygen atoms in total. The van der Waals surface area contributed by atoms with Crippen molar-refractivity contribution >= 4 is 23.3 Å². The normalized spacial score (nSPS) is 14.0. The van der Waals surface area contributed by atoms with Crippen LogP contribution in [0, 0.1) is 0 Å². The lowest BCUT2D eigenvalue weighted by atomic mass is 9.96. The molecule has 0 unspecified atom stereocenters. The van der Waals surface area contributed by atoms with Gasteiger partial charge >= 0.3 is 24.2 Å². The molecular formula is C20H17F10NO2. The van der Waals surface area contributed by atoms with E-state index in [1.807, 2.05) is 18.7 Å². The number of hydrogen-bond acceptors (Lipinski definition) is 3. The van der Waals surface area contributed by atoms with Gasteiger partial charge in [0.05, 0.1) is 5.57 Å². The monoisotopic (exact) mass is 493 g/mol. The van der Waals surface area contributed by atoms with Gasteiger partial charge < -0.3 is 4.90 Å². The fourth-order valence-electron chi connectivity index (χ4n) is 2.54. The minimum Gasteiger partial charge on any atom is -0.372 e. The van der Waals surface area contributed by atoms with Gasteiger partial charge in [0.25, 0.3) is 5.78 Å². The first-order valence-electron chi connectivity index (χ1n) is 9.13. The summed E-state index contributed by atoms with van der Waals surface area (Å²) in [6, 6.07) is 6.03. The van der Waals surface area contributed by atoms with Crippen LogP contribution in [0.2, 0.25) is 0 Å². The molecule has 33 heavy (non-hydrogen) atoms. The fourth-order valence-corrected chi connectivity index (χ4v) is 2.54. The maximum absolute atomic E-state index is 13.6. The lowest BCUT2D eigenvalue weighted by Gasteiger charge is -2.27. The van der Waals surface area contributed by atoms with Gasteiger partial charge in [-0.05, 0) is 37.6 Å². The number of hydrogen-bond donors (Lipinski definition) is 0. The summed E-state index contributed by atoms with van der Waals surface area (Å²) in [5.74, 6) is -20.6. The number of Topliss-reactive ketones (excluding diaryl/α,β-unsaturated/α-hetero) is 2. The summed E-state index contributed by atoms with van der Waals surface area (Å²) in [7, 11) is 0. The summed E-state index contributed by atoms with van der Waals surface area (Å²) in [4.78, 5) is 24.9. The first kappa shape index (κ1) is 28.2. The topological polar surface area (TPSA) is 37.4 Å². The van der Waals surface area contributed by atoms with E-state index < -0.39 is 41.3 Å². The third-order valence-corrected chi connectivity index (χ3v) is 4.36. The van der Waals surface area contributed by atoms with Crippen molar-refractivity contribution in [2.75, 3.05) is 18.0 Å². The smallest absolute Gasteiger partial charge is 0.372 e. The molecule has 0 spiro atoms. The number of halogens is 10. The number of benzene rings is 1. The number of anilines is 1. The molecule has 0 radical (unpaired) electrons. The van der Waals surface area contributed by atoms with Crippen LogP contribution in [0.5, 0.6) is 0 Å². The van der Waals surface area contributed by atoms with E-state index in [1.54, 1.807) is 12.1 Å². The molecule has 0 aliphatic heterocycles. The molecule has 0 atom stereocenters. The Balaban J connectivity index is 3.38. The summed E-state index contributed by atoms with van der Waals surface area (Å²) in [5, 5.41) is 0. The Kier molecular flexibility index (Phi) is 8.50. The first-order valence-corrected chi connectivity index (χ1v) is 9.13. The molecule has 13 heteroatoms. The molecule has 0 N–H and O–H groups in total. The zero-order chi connectivity index (χ0) is 25.8. The number of carbonyl (C=O) groups is 2. The van der Waals surface area contributed by atoms with Crippen LogP contribution in [0.25, 0.3) is 6.08 Å². The third kappa shape index (κ3) is 6.14. The highest BCUT2D eigenvalue weighted by Crippen LogP contribution is 2.48. The van der Waals surface area contributed by atoms with Crippen LogP contribution < -0.4 is 4.90 Å². The minimum atomic E-state index is -7.02. The Morgan fingerprint density at radius 3 is 1.70 bits per heavy atom. The van der Waals surface area contributed by atoms with Gasteiger partial charge in [0, 0.05) is 18.8 Å². The highest BCUT2D eigenvalue weighted by Gasteiger charge is 2.76. The molecule has 1 aromatic carbocycles. The van der Waals surface area contributed by atoms with Crippen molar-refractivity contribution < 1.29 is 53.5 Å². The lowest BCUT2D eigenvalue weighted by molar-refractivity contribution is -0.342. The van der Waals surface area contributed by atoms with E-state index >= 15 is 0 Å². The van der Waals surface area contributed by atoms with Crippen molar-refractivity contribution in [1.82, 2.24) is 0 Å². The maximum Gasteiger partial charge on any atom is 0.460 e. The number of nitrogens with zero attached hydrogens (tertiary/aromatic N) is 1. The van der Waals surface area contributed by atoms with E-state index in [-0.39, 0.29) is 11.6 Å². The van der Waals surface area contributed by atoms with E-state index in [1.165, 1.54) is 12.1 Å². The third-order valence-electron chi connectivity index (χ3n) is 4.36. The van der Waals surface area contributed by atoms with Crippen LogP contribution in [0.3, 0.4) is 0 Å². The molecule has 0 bridgehead atoms. The van der Waals surface area contributed by atoms with Gasteiger partial charge in [0.15, 0.2) is 0 Å². The standard InChI is InChI=1S/C20H17F10NO2/c1-3-31(4-2)13-10-8-12(9-11-13)6-5-7-14(16(33)18(23,24)25)15(32)17(21,22)19(26,27)20(28,29)30/h5-11H,3-4H2,1-2H3. The number of allylic oxidation sites excluding steroid dienone is 3. The Morgan fingerprint density at radius 1 is 0.818 bits per heavy atom. The second-order valence-corrected chi connectivity index (χ2v) is 6.51. The Morgan fingerprint density at radius 2 is 1.30 bits per heavy atom. The van der Waals surface area contributed by atoms with Crippen LogP contribution in [0.15, 0.2) is 42.0 Å². The Hall–Kier alpha value is -2.86. The summed E-state index contributed by atoms with van der Waals surface area (Å²) >= 11 is 0. The van der Waals surface area contributed by atoms with Crippen LogP contribution in [-0.4, -0.2) is 48.9 Å². The van der Waals surface area contributed by atoms with E-state index in [0.29, 0.717) is 19.2 Å². The van der Waals surface area contributed by atoms with Crippen molar-refractivity contribution in [1.29, 1.82) is 0 Å². The van der Waals surface area contributed by atoms with Crippen LogP contribution in [0.4, 0.5) is 49.6 Å². The molecule has 1 rings (SSSR count). The maximum atomic E-state index is 13.6. The Labute approximate surface area is 181 Å². The molecule has 0 saturated heterocycles. The van der Waals surface area contributed by atoms with Crippen molar-refractivity contribution in [3.05, 3.63) is 47.6 Å². The zero-order valence-corrected chi connectivity index (χ0v) is 17.0. The van der Waals surface area contributed by atoms with E-state index in [0.717, 1.165) is 11.8 Å². The molecular weight excluding hydrogens is 476 g/mol. The predicted molar refractivity (Wildman–Crippen MR) is 99.1 cm³/mol. The highest BCUT2D eigenvalue weighted by molar-refractivity contribution is 6.24. The number of rotatable bonds is 9. The molecule has 0 aromatic heterocycles. The summed E-state index contributed by atoms with van der Waals surface area (Å²) in [6.07, 6.45) is -11.7. The number of ketones is 2. The molecule has 1 aromatic rings. The van der Waals surface area contributed by atoms with E-state index in [4.69, 9.17) is 0 Å². The van der Waals surface area contributed by atoms with Gasteiger partial charge in [-0.3, -0.25) is 9.59 Å². The van der Waals surface area contributed by atoms with E-state index in [9.17, 15) is 53.5 Å². The summed E-state index contributed by atoms with van der Waals surface area (Å²) < 4.78 is 128. The fraction of sp³-hybridized carbons (Fsp3) is 0.400. The molecule has 0 heterocycles. The highest BCUT2D eigenvalue weighted by atomic mass is 19.4. The first-order chi connectivity index (χ1) is 14.9. The van der Waals surface area contributed by atoms with Crippen molar-refractivity contribution in [3.63, 3.8) is 0 Å². The average molecular weight is 493 g/mol. The van der Waals surface area contributed by atoms with Crippen molar-refractivity contribution in [2.45, 2.75) is 38.0 Å². The molecule has 0 fully saturated rings. The minimum absolute atomic E-state index is 0.184. The number of carbonyl (C=O) groups excluding carboxylic acids is 2. The quantitative estimate of drug-likeness (QED) is 0.139. The molecule has 0 saturated carbocycles. The zero-order valence-electron chi connectivity index (χ0n) is 17.0. The van der Waals surface area contributed by atoms with Crippen LogP contribution in [-0.2, 0) is 9.59 Å². The second kappa shape index (κ2) is 9.96. The predicted octanol–water partition coefficient (Wildman–Crippen LogP) is 6.01. The van der Waals surface area contributed by atoms with Gasteiger partial charge in [0.2, 0.25) is 5.78 Å². The van der Waals surface area contributed by atoms with Crippen molar-refractivity contribution in [2.24, 2.45) is 0 Å². The van der Waals surface area contributed by atoms with Crippen LogP contribution in [0.1, 0.15) is 19.4 Å².